The standard InChI is InChI=1S/C24H31N3O2S/c1-2-17-10-6-7-12-19(17)25-23(29)22-18-11-4-3-5-13-20(18)30-24(22)26-21(28)16-27-14-8-9-15-27/h6-7,10,12H,2-5,8-9,11,13-16H2,1H3,(H,25,29)(H,26,28)/p+1. The van der Waals surface area contributed by atoms with E-state index in [4.69, 9.17) is 0 Å². The van der Waals surface area contributed by atoms with E-state index in [9.17, 15) is 9.59 Å². The SMILES string of the molecule is CCc1ccccc1NC(=O)c1c(NC(=O)C[NH+]2CCCC2)sc2c1CCCCC2. The minimum Gasteiger partial charge on any atom is -0.327 e. The number of rotatable bonds is 6. The van der Waals surface area contributed by atoms with E-state index >= 15 is 0 Å². The quantitative estimate of drug-likeness (QED) is 0.620. The summed E-state index contributed by atoms with van der Waals surface area (Å²) in [4.78, 5) is 28.7. The fraction of sp³-hybridized carbons (Fsp3) is 0.500. The van der Waals surface area contributed by atoms with Crippen molar-refractivity contribution in [3.05, 3.63) is 45.8 Å². The molecule has 30 heavy (non-hydrogen) atoms. The van der Waals surface area contributed by atoms with E-state index in [0.717, 1.165) is 67.0 Å². The van der Waals surface area contributed by atoms with E-state index in [1.807, 2.05) is 24.3 Å². The second kappa shape index (κ2) is 9.75. The van der Waals surface area contributed by atoms with Crippen LogP contribution < -0.4 is 15.5 Å². The summed E-state index contributed by atoms with van der Waals surface area (Å²) in [6.45, 7) is 4.71. The molecule has 0 spiro atoms. The normalized spacial score (nSPS) is 16.7. The molecule has 0 radical (unpaired) electrons. The van der Waals surface area contributed by atoms with Crippen LogP contribution in [-0.4, -0.2) is 31.4 Å². The minimum absolute atomic E-state index is 0.0197. The van der Waals surface area contributed by atoms with Crippen LogP contribution in [0.15, 0.2) is 24.3 Å². The number of fused-ring (bicyclic) bond motifs is 1. The Morgan fingerprint density at radius 1 is 1.00 bits per heavy atom. The summed E-state index contributed by atoms with van der Waals surface area (Å²) >= 11 is 1.61. The van der Waals surface area contributed by atoms with Gasteiger partial charge in [-0.25, -0.2) is 0 Å². The Kier molecular flexibility index (Phi) is 6.85. The van der Waals surface area contributed by atoms with E-state index in [2.05, 4.69) is 17.6 Å². The first-order chi connectivity index (χ1) is 14.7. The minimum atomic E-state index is -0.0980. The molecule has 2 aliphatic rings. The topological polar surface area (TPSA) is 62.6 Å². The highest BCUT2D eigenvalue weighted by Crippen LogP contribution is 2.38. The number of hydrogen-bond donors (Lipinski definition) is 3. The van der Waals surface area contributed by atoms with Crippen LogP contribution in [0.5, 0.6) is 0 Å². The van der Waals surface area contributed by atoms with Gasteiger partial charge >= 0.3 is 0 Å². The van der Waals surface area contributed by atoms with Crippen LogP contribution in [0.1, 0.15) is 65.4 Å². The number of carbonyl (C=O) groups is 2. The monoisotopic (exact) mass is 426 g/mol. The van der Waals surface area contributed by atoms with Crippen molar-refractivity contribution in [1.29, 1.82) is 0 Å². The number of thiophene rings is 1. The molecule has 160 valence electrons. The van der Waals surface area contributed by atoms with Gasteiger partial charge in [-0.15, -0.1) is 11.3 Å². The van der Waals surface area contributed by atoms with Crippen LogP contribution in [0.4, 0.5) is 10.7 Å². The predicted molar refractivity (Wildman–Crippen MR) is 123 cm³/mol. The van der Waals surface area contributed by atoms with E-state index in [-0.39, 0.29) is 11.8 Å². The Morgan fingerprint density at radius 2 is 1.77 bits per heavy atom. The smallest absolute Gasteiger partial charge is 0.280 e. The second-order valence-corrected chi connectivity index (χ2v) is 9.52. The summed E-state index contributed by atoms with van der Waals surface area (Å²) in [7, 11) is 0. The highest BCUT2D eigenvalue weighted by atomic mass is 32.1. The van der Waals surface area contributed by atoms with Gasteiger partial charge in [-0.1, -0.05) is 31.5 Å². The van der Waals surface area contributed by atoms with Crippen molar-refractivity contribution >= 4 is 33.8 Å². The van der Waals surface area contributed by atoms with Gasteiger partial charge in [0.25, 0.3) is 11.8 Å². The molecule has 0 bridgehead atoms. The lowest BCUT2D eigenvalue weighted by atomic mass is 10.0. The molecule has 1 aliphatic heterocycles. The van der Waals surface area contributed by atoms with Crippen molar-refractivity contribution in [3.8, 4) is 0 Å². The number of quaternary nitrogens is 1. The second-order valence-electron chi connectivity index (χ2n) is 8.42. The molecule has 2 heterocycles. The lowest BCUT2D eigenvalue weighted by Crippen LogP contribution is -3.11. The zero-order valence-corrected chi connectivity index (χ0v) is 18.6. The summed E-state index contributed by atoms with van der Waals surface area (Å²) in [5.41, 5.74) is 3.81. The molecule has 1 saturated heterocycles. The van der Waals surface area contributed by atoms with Gasteiger partial charge in [0.15, 0.2) is 6.54 Å². The first-order valence-electron chi connectivity index (χ1n) is 11.3. The summed E-state index contributed by atoms with van der Waals surface area (Å²) in [5.74, 6) is -0.0783. The average molecular weight is 427 g/mol. The van der Waals surface area contributed by atoms with Gasteiger partial charge in [0.05, 0.1) is 18.7 Å². The molecule has 4 rings (SSSR count). The zero-order chi connectivity index (χ0) is 20.9. The fourth-order valence-corrected chi connectivity index (χ4v) is 5.96. The Bertz CT molecular complexity index is 915. The number of nitrogens with one attached hydrogen (secondary N) is 3. The van der Waals surface area contributed by atoms with Crippen molar-refractivity contribution in [3.63, 3.8) is 0 Å². The van der Waals surface area contributed by atoms with Gasteiger partial charge in [-0.3, -0.25) is 9.59 Å². The lowest BCUT2D eigenvalue weighted by molar-refractivity contribution is -0.878. The third-order valence-corrected chi connectivity index (χ3v) is 7.48. The van der Waals surface area contributed by atoms with E-state index < -0.39 is 0 Å². The molecule has 5 nitrogen and oxygen atoms in total. The van der Waals surface area contributed by atoms with Crippen LogP contribution >= 0.6 is 11.3 Å². The molecule has 2 aromatic rings. The van der Waals surface area contributed by atoms with E-state index in [1.54, 1.807) is 11.3 Å². The summed E-state index contributed by atoms with van der Waals surface area (Å²) in [6, 6.07) is 7.95. The molecule has 6 heteroatoms. The zero-order valence-electron chi connectivity index (χ0n) is 17.8. The Labute approximate surface area is 182 Å². The molecule has 1 fully saturated rings. The van der Waals surface area contributed by atoms with Crippen molar-refractivity contribution < 1.29 is 14.5 Å². The number of carbonyl (C=O) groups excluding carboxylic acids is 2. The number of amides is 2. The molecule has 0 atom stereocenters. The number of likely N-dealkylation sites (tertiary alicyclic amines) is 1. The van der Waals surface area contributed by atoms with Crippen molar-refractivity contribution in [1.82, 2.24) is 0 Å². The third-order valence-electron chi connectivity index (χ3n) is 6.27. The maximum atomic E-state index is 13.4. The van der Waals surface area contributed by atoms with Gasteiger partial charge in [0.2, 0.25) is 0 Å². The largest absolute Gasteiger partial charge is 0.327 e. The molecule has 2 amide bonds. The van der Waals surface area contributed by atoms with Gasteiger partial charge in [-0.2, -0.15) is 0 Å². The van der Waals surface area contributed by atoms with Crippen LogP contribution in [-0.2, 0) is 24.1 Å². The molecule has 0 unspecified atom stereocenters. The molecule has 1 aromatic heterocycles. The van der Waals surface area contributed by atoms with Gasteiger partial charge < -0.3 is 15.5 Å². The fourth-order valence-electron chi connectivity index (χ4n) is 4.66. The van der Waals surface area contributed by atoms with Crippen molar-refractivity contribution in [2.75, 3.05) is 30.3 Å². The van der Waals surface area contributed by atoms with Crippen LogP contribution in [0.3, 0.4) is 0 Å². The highest BCUT2D eigenvalue weighted by Gasteiger charge is 2.27. The van der Waals surface area contributed by atoms with Gasteiger partial charge in [0, 0.05) is 23.4 Å². The molecule has 1 aromatic carbocycles. The van der Waals surface area contributed by atoms with E-state index in [1.165, 1.54) is 29.0 Å². The molecule has 0 saturated carbocycles. The first kappa shape index (κ1) is 21.1. The lowest BCUT2D eigenvalue weighted by Gasteiger charge is -2.14. The summed E-state index contributed by atoms with van der Waals surface area (Å²) in [5, 5.41) is 6.97. The highest BCUT2D eigenvalue weighted by molar-refractivity contribution is 7.17. The molecular formula is C24H32N3O2S+. The molecule has 3 N–H and O–H groups in total. The van der Waals surface area contributed by atoms with Crippen molar-refractivity contribution in [2.45, 2.75) is 58.3 Å². The Morgan fingerprint density at radius 3 is 2.57 bits per heavy atom. The van der Waals surface area contributed by atoms with Crippen LogP contribution in [0, 0.1) is 0 Å². The molecule has 1 aliphatic carbocycles. The van der Waals surface area contributed by atoms with Crippen LogP contribution in [0.2, 0.25) is 0 Å². The Balaban J connectivity index is 1.60. The summed E-state index contributed by atoms with van der Waals surface area (Å²) in [6.07, 6.45) is 8.61. The maximum Gasteiger partial charge on any atom is 0.280 e. The summed E-state index contributed by atoms with van der Waals surface area (Å²) < 4.78 is 0. The van der Waals surface area contributed by atoms with Crippen molar-refractivity contribution in [2.24, 2.45) is 0 Å². The predicted octanol–water partition coefficient (Wildman–Crippen LogP) is 3.45. The number of hydrogen-bond acceptors (Lipinski definition) is 3. The first-order valence-corrected chi connectivity index (χ1v) is 12.1. The van der Waals surface area contributed by atoms with Gasteiger partial charge in [-0.05, 0) is 49.3 Å². The number of para-hydroxylation sites is 1. The maximum absolute atomic E-state index is 13.4. The van der Waals surface area contributed by atoms with Crippen LogP contribution in [0.25, 0.3) is 0 Å². The number of aryl methyl sites for hydroxylation is 2. The average Bonchev–Trinajstić information content (AvgIpc) is 3.30. The molecular weight excluding hydrogens is 394 g/mol. The van der Waals surface area contributed by atoms with Gasteiger partial charge in [0.1, 0.15) is 5.00 Å². The number of anilines is 2. The third kappa shape index (κ3) is 4.76. The van der Waals surface area contributed by atoms with E-state index in [0.29, 0.717) is 12.1 Å². The Hall–Kier alpha value is -2.18. The number of benzene rings is 1.